The Morgan fingerprint density at radius 2 is 1.88 bits per heavy atom. The Morgan fingerprint density at radius 1 is 1.16 bits per heavy atom. The van der Waals surface area contributed by atoms with E-state index in [1.165, 1.54) is 10.6 Å². The molecule has 138 valence electrons. The largest absolute Gasteiger partial charge is 0.471 e. The van der Waals surface area contributed by atoms with E-state index in [1.807, 2.05) is 17.9 Å². The summed E-state index contributed by atoms with van der Waals surface area (Å²) in [5.41, 5.74) is 0.830. The molecule has 0 bridgehead atoms. The molecule has 1 aromatic rings. The van der Waals surface area contributed by atoms with Crippen LogP contribution in [0.5, 0.6) is 5.88 Å². The summed E-state index contributed by atoms with van der Waals surface area (Å²) in [7, 11) is -3.16. The van der Waals surface area contributed by atoms with Gasteiger partial charge in [0.15, 0.2) is 0 Å². The number of aromatic nitrogens is 2. The minimum absolute atomic E-state index is 0.0722. The molecule has 1 aromatic heterocycles. The summed E-state index contributed by atoms with van der Waals surface area (Å²) in [6.07, 6.45) is 3.07. The molecule has 8 nitrogen and oxygen atoms in total. The van der Waals surface area contributed by atoms with Crippen molar-refractivity contribution in [3.63, 3.8) is 0 Å². The molecule has 25 heavy (non-hydrogen) atoms. The van der Waals surface area contributed by atoms with E-state index in [9.17, 15) is 13.2 Å². The number of nitrogens with zero attached hydrogens (tertiary/aromatic N) is 4. The second-order valence-electron chi connectivity index (χ2n) is 6.76. The second kappa shape index (κ2) is 7.25. The van der Waals surface area contributed by atoms with Crippen LogP contribution in [0.3, 0.4) is 0 Å². The van der Waals surface area contributed by atoms with Gasteiger partial charge in [-0.05, 0) is 25.8 Å². The van der Waals surface area contributed by atoms with E-state index in [2.05, 4.69) is 10.2 Å². The van der Waals surface area contributed by atoms with Crippen molar-refractivity contribution in [1.82, 2.24) is 19.4 Å². The van der Waals surface area contributed by atoms with Crippen LogP contribution < -0.4 is 4.74 Å². The Hall–Kier alpha value is -1.74. The standard InChI is InChI=1S/C16H24N4O4S/c1-12-3-4-15(18-17-12)24-14-7-8-19(11-14)16(21)13-5-9-20(10-6-13)25(2,22)23/h3-4,13-14H,5-11H2,1-2H3/t14-/m0/s1. The number of carbonyl (C=O) groups is 1. The smallest absolute Gasteiger partial charge is 0.233 e. The van der Waals surface area contributed by atoms with Gasteiger partial charge in [-0.15, -0.1) is 5.10 Å². The first-order chi connectivity index (χ1) is 11.8. The number of amides is 1. The summed E-state index contributed by atoms with van der Waals surface area (Å²) in [4.78, 5) is 14.5. The summed E-state index contributed by atoms with van der Waals surface area (Å²) in [6.45, 7) is 3.90. The summed E-state index contributed by atoms with van der Waals surface area (Å²) in [5.74, 6) is 0.483. The molecule has 2 aliphatic rings. The third-order valence-corrected chi connectivity index (χ3v) is 6.09. The van der Waals surface area contributed by atoms with Crippen molar-refractivity contribution in [3.8, 4) is 5.88 Å². The SMILES string of the molecule is Cc1ccc(O[C@H]2CCN(C(=O)C3CCN(S(C)(=O)=O)CC3)C2)nn1. The van der Waals surface area contributed by atoms with Crippen molar-refractivity contribution >= 4 is 15.9 Å². The van der Waals surface area contributed by atoms with Gasteiger partial charge in [0.25, 0.3) is 0 Å². The Balaban J connectivity index is 1.50. The molecule has 3 heterocycles. The van der Waals surface area contributed by atoms with Gasteiger partial charge in [0.05, 0.1) is 18.5 Å². The molecule has 9 heteroatoms. The van der Waals surface area contributed by atoms with E-state index in [0.717, 1.165) is 12.1 Å². The number of piperidine rings is 1. The summed E-state index contributed by atoms with van der Waals surface area (Å²) in [6, 6.07) is 3.63. The molecule has 1 atom stereocenters. The van der Waals surface area contributed by atoms with Gasteiger partial charge < -0.3 is 9.64 Å². The molecule has 2 fully saturated rings. The predicted octanol–water partition coefficient (Wildman–Crippen LogP) is 0.436. The number of carbonyl (C=O) groups excluding carboxylic acids is 1. The van der Waals surface area contributed by atoms with Crippen LogP contribution in [0.2, 0.25) is 0 Å². The number of likely N-dealkylation sites (tertiary alicyclic amines) is 1. The lowest BCUT2D eigenvalue weighted by Crippen LogP contribution is -2.43. The van der Waals surface area contributed by atoms with Crippen LogP contribution in [0, 0.1) is 12.8 Å². The van der Waals surface area contributed by atoms with Crippen LogP contribution in [-0.2, 0) is 14.8 Å². The van der Waals surface area contributed by atoms with Crippen molar-refractivity contribution in [1.29, 1.82) is 0 Å². The fourth-order valence-corrected chi connectivity index (χ4v) is 4.21. The van der Waals surface area contributed by atoms with Crippen molar-refractivity contribution in [2.24, 2.45) is 5.92 Å². The quantitative estimate of drug-likeness (QED) is 0.765. The average Bonchev–Trinajstić information content (AvgIpc) is 3.04. The Bertz CT molecular complexity index is 714. The molecular formula is C16H24N4O4S. The molecule has 2 aliphatic heterocycles. The van der Waals surface area contributed by atoms with E-state index in [-0.39, 0.29) is 17.9 Å². The molecule has 0 aliphatic carbocycles. The molecule has 2 saturated heterocycles. The highest BCUT2D eigenvalue weighted by Crippen LogP contribution is 2.24. The molecule has 0 unspecified atom stereocenters. The monoisotopic (exact) mass is 368 g/mol. The Labute approximate surface area is 148 Å². The normalized spacial score (nSPS) is 23.0. The van der Waals surface area contributed by atoms with Gasteiger partial charge in [-0.3, -0.25) is 4.79 Å². The van der Waals surface area contributed by atoms with Gasteiger partial charge >= 0.3 is 0 Å². The second-order valence-corrected chi connectivity index (χ2v) is 8.74. The highest BCUT2D eigenvalue weighted by molar-refractivity contribution is 7.88. The number of ether oxygens (including phenoxy) is 1. The maximum Gasteiger partial charge on any atom is 0.233 e. The van der Waals surface area contributed by atoms with Crippen LogP contribution in [0.1, 0.15) is 25.0 Å². The maximum atomic E-state index is 12.7. The van der Waals surface area contributed by atoms with E-state index < -0.39 is 10.0 Å². The van der Waals surface area contributed by atoms with E-state index >= 15 is 0 Å². The lowest BCUT2D eigenvalue weighted by molar-refractivity contribution is -0.135. The molecular weight excluding hydrogens is 344 g/mol. The van der Waals surface area contributed by atoms with Crippen molar-refractivity contribution in [2.45, 2.75) is 32.3 Å². The number of hydrogen-bond acceptors (Lipinski definition) is 6. The molecule has 0 N–H and O–H groups in total. The van der Waals surface area contributed by atoms with E-state index in [0.29, 0.717) is 44.9 Å². The molecule has 0 aromatic carbocycles. The first-order valence-electron chi connectivity index (χ1n) is 8.54. The molecule has 0 saturated carbocycles. The highest BCUT2D eigenvalue weighted by Gasteiger charge is 2.35. The maximum absolute atomic E-state index is 12.7. The average molecular weight is 368 g/mol. The summed E-state index contributed by atoms with van der Waals surface area (Å²) in [5, 5.41) is 7.96. The van der Waals surface area contributed by atoms with Crippen LogP contribution in [0.15, 0.2) is 12.1 Å². The van der Waals surface area contributed by atoms with Crippen molar-refractivity contribution < 1.29 is 17.9 Å². The molecule has 3 rings (SSSR count). The fourth-order valence-electron chi connectivity index (χ4n) is 3.34. The zero-order chi connectivity index (χ0) is 18.0. The van der Waals surface area contributed by atoms with Gasteiger partial charge in [-0.1, -0.05) is 0 Å². The number of rotatable bonds is 4. The van der Waals surface area contributed by atoms with Crippen LogP contribution in [0.25, 0.3) is 0 Å². The van der Waals surface area contributed by atoms with Gasteiger partial charge in [-0.2, -0.15) is 5.10 Å². The Kier molecular flexibility index (Phi) is 5.24. The van der Waals surface area contributed by atoms with Crippen molar-refractivity contribution in [3.05, 3.63) is 17.8 Å². The number of sulfonamides is 1. The third-order valence-electron chi connectivity index (χ3n) is 4.79. The number of aryl methyl sites for hydroxylation is 1. The number of hydrogen-bond donors (Lipinski definition) is 0. The van der Waals surface area contributed by atoms with Crippen LogP contribution >= 0.6 is 0 Å². The molecule has 0 radical (unpaired) electrons. The van der Waals surface area contributed by atoms with Crippen molar-refractivity contribution in [2.75, 3.05) is 32.4 Å². The summed E-state index contributed by atoms with van der Waals surface area (Å²) >= 11 is 0. The first kappa shape index (κ1) is 18.1. The van der Waals surface area contributed by atoms with Gasteiger partial charge in [0.2, 0.25) is 21.8 Å². The predicted molar refractivity (Wildman–Crippen MR) is 91.5 cm³/mol. The lowest BCUT2D eigenvalue weighted by atomic mass is 9.97. The first-order valence-corrected chi connectivity index (χ1v) is 10.4. The van der Waals surface area contributed by atoms with E-state index in [4.69, 9.17) is 4.74 Å². The lowest BCUT2D eigenvalue weighted by Gasteiger charge is -2.31. The summed E-state index contributed by atoms with van der Waals surface area (Å²) < 4.78 is 30.4. The minimum atomic E-state index is -3.16. The topological polar surface area (TPSA) is 92.7 Å². The molecule has 0 spiro atoms. The third kappa shape index (κ3) is 4.46. The fraction of sp³-hybridized carbons (Fsp3) is 0.688. The molecule has 1 amide bonds. The Morgan fingerprint density at radius 3 is 2.48 bits per heavy atom. The van der Waals surface area contributed by atoms with Crippen LogP contribution in [0.4, 0.5) is 0 Å². The van der Waals surface area contributed by atoms with Gasteiger partial charge in [-0.25, -0.2) is 12.7 Å². The zero-order valence-corrected chi connectivity index (χ0v) is 15.4. The minimum Gasteiger partial charge on any atom is -0.471 e. The van der Waals surface area contributed by atoms with Crippen LogP contribution in [-0.4, -0.2) is 72.3 Å². The highest BCUT2D eigenvalue weighted by atomic mass is 32.2. The van der Waals surface area contributed by atoms with Gasteiger partial charge in [0, 0.05) is 38.0 Å². The van der Waals surface area contributed by atoms with E-state index in [1.54, 1.807) is 6.07 Å². The zero-order valence-electron chi connectivity index (χ0n) is 14.6. The van der Waals surface area contributed by atoms with Gasteiger partial charge in [0.1, 0.15) is 6.10 Å².